The van der Waals surface area contributed by atoms with Crippen molar-refractivity contribution in [1.29, 1.82) is 5.26 Å². The molecule has 0 spiro atoms. The molecule has 0 atom stereocenters. The van der Waals surface area contributed by atoms with Crippen molar-refractivity contribution >= 4 is 5.91 Å². The largest absolute Gasteiger partial charge is 0.361 e. The van der Waals surface area contributed by atoms with Gasteiger partial charge >= 0.3 is 0 Å². The van der Waals surface area contributed by atoms with Crippen LogP contribution in [-0.4, -0.2) is 40.5 Å². The molecule has 3 rings (SSSR count). The van der Waals surface area contributed by atoms with Crippen molar-refractivity contribution in [3.05, 3.63) is 17.0 Å². The molecule has 1 amide bonds. The summed E-state index contributed by atoms with van der Waals surface area (Å²) in [5.41, 5.74) is 1.15. The molecule has 1 aromatic heterocycles. The van der Waals surface area contributed by atoms with Gasteiger partial charge in [-0.25, -0.2) is 0 Å². The predicted octanol–water partition coefficient (Wildman–Crippen LogP) is 2.48. The van der Waals surface area contributed by atoms with Crippen LogP contribution >= 0.6 is 0 Å². The van der Waals surface area contributed by atoms with Crippen molar-refractivity contribution in [3.63, 3.8) is 0 Å². The van der Waals surface area contributed by atoms with Gasteiger partial charge in [-0.05, 0) is 33.7 Å². The van der Waals surface area contributed by atoms with Crippen LogP contribution in [-0.2, 0) is 24.3 Å². The SMILES string of the molecule is CC(C)N(C)Cc1noc2c1CN(C(=O)C1(C#N)CCCC1)CC2. The van der Waals surface area contributed by atoms with Gasteiger partial charge in [0.05, 0.1) is 12.6 Å². The molecule has 1 saturated carbocycles. The highest BCUT2D eigenvalue weighted by Gasteiger charge is 2.45. The highest BCUT2D eigenvalue weighted by molar-refractivity contribution is 5.86. The molecule has 2 heterocycles. The average molecular weight is 330 g/mol. The number of carbonyl (C=O) groups is 1. The Hall–Kier alpha value is -1.87. The Morgan fingerprint density at radius 3 is 2.79 bits per heavy atom. The van der Waals surface area contributed by atoms with E-state index in [4.69, 9.17) is 4.52 Å². The number of nitrogens with zero attached hydrogens (tertiary/aromatic N) is 4. The second kappa shape index (κ2) is 6.56. The quantitative estimate of drug-likeness (QED) is 0.848. The zero-order chi connectivity index (χ0) is 17.3. The maximum atomic E-state index is 13.0. The summed E-state index contributed by atoms with van der Waals surface area (Å²) in [5, 5.41) is 13.8. The van der Waals surface area contributed by atoms with Crippen LogP contribution in [0.5, 0.6) is 0 Å². The standard InChI is InChI=1S/C18H26N4O2/c1-13(2)21(3)11-15-14-10-22(9-6-16(14)24-20-15)17(23)18(12-19)7-4-5-8-18/h13H,4-11H2,1-3H3. The van der Waals surface area contributed by atoms with Gasteiger partial charge in [-0.1, -0.05) is 18.0 Å². The molecule has 0 saturated heterocycles. The number of aromatic nitrogens is 1. The first-order valence-corrected chi connectivity index (χ1v) is 8.84. The number of amides is 1. The Bertz CT molecular complexity index is 652. The summed E-state index contributed by atoms with van der Waals surface area (Å²) in [7, 11) is 2.06. The summed E-state index contributed by atoms with van der Waals surface area (Å²) < 4.78 is 5.49. The maximum Gasteiger partial charge on any atom is 0.243 e. The molecule has 1 aromatic rings. The summed E-state index contributed by atoms with van der Waals surface area (Å²) in [6.07, 6.45) is 4.00. The van der Waals surface area contributed by atoms with Crippen molar-refractivity contribution in [2.45, 2.75) is 65.1 Å². The first kappa shape index (κ1) is 17.0. The highest BCUT2D eigenvalue weighted by Crippen LogP contribution is 2.40. The van der Waals surface area contributed by atoms with E-state index in [-0.39, 0.29) is 5.91 Å². The third-order valence-corrected chi connectivity index (χ3v) is 5.56. The minimum atomic E-state index is -0.802. The van der Waals surface area contributed by atoms with E-state index in [1.165, 1.54) is 0 Å². The lowest BCUT2D eigenvalue weighted by Crippen LogP contribution is -2.44. The Morgan fingerprint density at radius 1 is 1.46 bits per heavy atom. The Labute approximate surface area is 143 Å². The van der Waals surface area contributed by atoms with Crippen molar-refractivity contribution in [1.82, 2.24) is 15.0 Å². The van der Waals surface area contributed by atoms with Crippen LogP contribution in [0.3, 0.4) is 0 Å². The smallest absolute Gasteiger partial charge is 0.243 e. The van der Waals surface area contributed by atoms with Gasteiger partial charge in [0.1, 0.15) is 16.9 Å². The first-order valence-electron chi connectivity index (χ1n) is 8.84. The molecular weight excluding hydrogens is 304 g/mol. The Kier molecular flexibility index (Phi) is 4.64. The molecule has 24 heavy (non-hydrogen) atoms. The fourth-order valence-electron chi connectivity index (χ4n) is 3.63. The van der Waals surface area contributed by atoms with Gasteiger partial charge in [0, 0.05) is 31.1 Å². The lowest BCUT2D eigenvalue weighted by atomic mass is 9.85. The predicted molar refractivity (Wildman–Crippen MR) is 88.7 cm³/mol. The second-order valence-corrected chi connectivity index (χ2v) is 7.42. The summed E-state index contributed by atoms with van der Waals surface area (Å²) in [5.74, 6) is 0.890. The molecule has 1 fully saturated rings. The van der Waals surface area contributed by atoms with E-state index in [1.54, 1.807) is 0 Å². The number of nitriles is 1. The zero-order valence-corrected chi connectivity index (χ0v) is 14.8. The van der Waals surface area contributed by atoms with Crippen LogP contribution in [0.2, 0.25) is 0 Å². The fourth-order valence-corrected chi connectivity index (χ4v) is 3.63. The third kappa shape index (κ3) is 2.93. The van der Waals surface area contributed by atoms with E-state index in [2.05, 4.69) is 37.0 Å². The van der Waals surface area contributed by atoms with Crippen LogP contribution in [0.1, 0.15) is 56.5 Å². The normalized spacial score (nSPS) is 19.6. The van der Waals surface area contributed by atoms with Crippen molar-refractivity contribution in [2.75, 3.05) is 13.6 Å². The van der Waals surface area contributed by atoms with E-state index in [1.807, 2.05) is 4.90 Å². The number of hydrogen-bond acceptors (Lipinski definition) is 5. The minimum absolute atomic E-state index is 0.00230. The van der Waals surface area contributed by atoms with Crippen molar-refractivity contribution in [3.8, 4) is 6.07 Å². The minimum Gasteiger partial charge on any atom is -0.361 e. The second-order valence-electron chi connectivity index (χ2n) is 7.42. The van der Waals surface area contributed by atoms with E-state index >= 15 is 0 Å². The van der Waals surface area contributed by atoms with Crippen LogP contribution in [0.25, 0.3) is 0 Å². The molecule has 6 heteroatoms. The topological polar surface area (TPSA) is 73.4 Å². The van der Waals surface area contributed by atoms with Gasteiger partial charge in [-0.3, -0.25) is 9.69 Å². The third-order valence-electron chi connectivity index (χ3n) is 5.56. The van der Waals surface area contributed by atoms with Gasteiger partial charge in [0.2, 0.25) is 5.91 Å². The average Bonchev–Trinajstić information content (AvgIpc) is 3.21. The number of carbonyl (C=O) groups excluding carboxylic acids is 1. The number of rotatable bonds is 4. The van der Waals surface area contributed by atoms with Crippen LogP contribution in [0.15, 0.2) is 4.52 Å². The van der Waals surface area contributed by atoms with Gasteiger partial charge < -0.3 is 9.42 Å². The van der Waals surface area contributed by atoms with E-state index < -0.39 is 5.41 Å². The Morgan fingerprint density at radius 2 is 2.17 bits per heavy atom. The van der Waals surface area contributed by atoms with E-state index in [0.717, 1.165) is 29.9 Å². The van der Waals surface area contributed by atoms with Crippen molar-refractivity contribution in [2.24, 2.45) is 5.41 Å². The van der Waals surface area contributed by atoms with Crippen LogP contribution in [0.4, 0.5) is 0 Å². The number of fused-ring (bicyclic) bond motifs is 1. The molecule has 2 aliphatic rings. The van der Waals surface area contributed by atoms with E-state index in [0.29, 0.717) is 44.9 Å². The van der Waals surface area contributed by atoms with Gasteiger partial charge in [0.15, 0.2) is 0 Å². The molecule has 0 aromatic carbocycles. The van der Waals surface area contributed by atoms with Gasteiger partial charge in [-0.2, -0.15) is 5.26 Å². The summed E-state index contributed by atoms with van der Waals surface area (Å²) in [6.45, 7) is 6.12. The Balaban J connectivity index is 1.77. The molecule has 6 nitrogen and oxygen atoms in total. The molecule has 1 aliphatic heterocycles. The first-order chi connectivity index (χ1) is 11.5. The molecule has 1 aliphatic carbocycles. The van der Waals surface area contributed by atoms with Gasteiger partial charge in [-0.15, -0.1) is 0 Å². The summed E-state index contributed by atoms with van der Waals surface area (Å²) in [6, 6.07) is 2.73. The van der Waals surface area contributed by atoms with Crippen LogP contribution in [0, 0.1) is 16.7 Å². The van der Waals surface area contributed by atoms with E-state index in [9.17, 15) is 10.1 Å². The lowest BCUT2D eigenvalue weighted by Gasteiger charge is -2.32. The molecule has 0 radical (unpaired) electrons. The highest BCUT2D eigenvalue weighted by atomic mass is 16.5. The molecular formula is C18H26N4O2. The van der Waals surface area contributed by atoms with Crippen molar-refractivity contribution < 1.29 is 9.32 Å². The molecule has 0 unspecified atom stereocenters. The lowest BCUT2D eigenvalue weighted by molar-refractivity contribution is -0.139. The summed E-state index contributed by atoms with van der Waals surface area (Å²) >= 11 is 0. The molecule has 0 N–H and O–H groups in total. The zero-order valence-electron chi connectivity index (χ0n) is 14.8. The fraction of sp³-hybridized carbons (Fsp3) is 0.722. The monoisotopic (exact) mass is 330 g/mol. The maximum absolute atomic E-state index is 13.0. The molecule has 0 bridgehead atoms. The molecule has 130 valence electrons. The van der Waals surface area contributed by atoms with Gasteiger partial charge in [0.25, 0.3) is 0 Å². The van der Waals surface area contributed by atoms with Crippen LogP contribution < -0.4 is 0 Å². The number of hydrogen-bond donors (Lipinski definition) is 0. The summed E-state index contributed by atoms with van der Waals surface area (Å²) in [4.78, 5) is 17.0.